The van der Waals surface area contributed by atoms with Crippen molar-refractivity contribution >= 4 is 15.7 Å². The van der Waals surface area contributed by atoms with E-state index >= 15 is 0 Å². The molecule has 0 unspecified atom stereocenters. The van der Waals surface area contributed by atoms with Gasteiger partial charge in [0.15, 0.2) is 0 Å². The highest BCUT2D eigenvalue weighted by Crippen LogP contribution is 2.24. The third kappa shape index (κ3) is 2.22. The van der Waals surface area contributed by atoms with Crippen molar-refractivity contribution in [2.75, 3.05) is 12.8 Å². The molecule has 7 heteroatoms. The molecule has 0 spiro atoms. The van der Waals surface area contributed by atoms with E-state index in [9.17, 15) is 8.42 Å². The zero-order valence-corrected chi connectivity index (χ0v) is 11.8. The van der Waals surface area contributed by atoms with Gasteiger partial charge in [-0.15, -0.1) is 0 Å². The van der Waals surface area contributed by atoms with Gasteiger partial charge in [-0.1, -0.05) is 12.1 Å². The number of para-hydroxylation sites is 1. The predicted molar refractivity (Wildman–Crippen MR) is 73.7 cm³/mol. The summed E-state index contributed by atoms with van der Waals surface area (Å²) in [6, 6.07) is 6.66. The SMILES string of the molecule is CNS(=O)(=O)c1ccccc1-n1nc(C)c(N)c1C. The summed E-state index contributed by atoms with van der Waals surface area (Å²) < 4.78 is 27.9. The van der Waals surface area contributed by atoms with Crippen LogP contribution in [-0.4, -0.2) is 25.2 Å². The first-order valence-corrected chi connectivity index (χ1v) is 7.21. The smallest absolute Gasteiger partial charge is 0.242 e. The molecule has 0 aliphatic carbocycles. The lowest BCUT2D eigenvalue weighted by Crippen LogP contribution is -2.21. The van der Waals surface area contributed by atoms with Gasteiger partial charge in [0, 0.05) is 0 Å². The number of rotatable bonds is 3. The van der Waals surface area contributed by atoms with Crippen LogP contribution in [0.25, 0.3) is 5.69 Å². The molecule has 0 amide bonds. The highest BCUT2D eigenvalue weighted by Gasteiger charge is 2.20. The van der Waals surface area contributed by atoms with Crippen LogP contribution < -0.4 is 10.5 Å². The highest BCUT2D eigenvalue weighted by atomic mass is 32.2. The van der Waals surface area contributed by atoms with E-state index in [2.05, 4.69) is 9.82 Å². The molecule has 0 fully saturated rings. The van der Waals surface area contributed by atoms with Crippen LogP contribution in [0.2, 0.25) is 0 Å². The van der Waals surface area contributed by atoms with Crippen molar-refractivity contribution in [1.82, 2.24) is 14.5 Å². The first kappa shape index (κ1) is 13.6. The highest BCUT2D eigenvalue weighted by molar-refractivity contribution is 7.89. The second-order valence-corrected chi connectivity index (χ2v) is 6.03. The topological polar surface area (TPSA) is 90.0 Å². The molecule has 6 nitrogen and oxygen atoms in total. The van der Waals surface area contributed by atoms with E-state index < -0.39 is 10.0 Å². The molecule has 0 aliphatic heterocycles. The van der Waals surface area contributed by atoms with Crippen molar-refractivity contribution in [2.45, 2.75) is 18.7 Å². The minimum Gasteiger partial charge on any atom is -0.396 e. The van der Waals surface area contributed by atoms with E-state index in [0.29, 0.717) is 17.1 Å². The maximum Gasteiger partial charge on any atom is 0.242 e. The molecule has 0 aliphatic rings. The van der Waals surface area contributed by atoms with Gasteiger partial charge in [-0.2, -0.15) is 5.10 Å². The largest absolute Gasteiger partial charge is 0.396 e. The number of nitrogens with zero attached hydrogens (tertiary/aromatic N) is 2. The van der Waals surface area contributed by atoms with Crippen LogP contribution >= 0.6 is 0 Å². The molecule has 0 radical (unpaired) electrons. The quantitative estimate of drug-likeness (QED) is 0.877. The predicted octanol–water partition coefficient (Wildman–Crippen LogP) is 0.979. The molecule has 1 aromatic carbocycles. The number of nitrogens with one attached hydrogen (secondary N) is 1. The number of nitrogens with two attached hydrogens (primary N) is 1. The maximum absolute atomic E-state index is 12.0. The summed E-state index contributed by atoms with van der Waals surface area (Å²) in [7, 11) is -2.17. The summed E-state index contributed by atoms with van der Waals surface area (Å²) in [4.78, 5) is 0.170. The molecular formula is C12H16N4O2S. The Morgan fingerprint density at radius 2 is 1.89 bits per heavy atom. The van der Waals surface area contributed by atoms with Gasteiger partial charge in [-0.05, 0) is 33.0 Å². The van der Waals surface area contributed by atoms with Gasteiger partial charge in [0.05, 0.1) is 22.8 Å². The molecule has 0 bridgehead atoms. The second kappa shape index (κ2) is 4.67. The van der Waals surface area contributed by atoms with Crippen molar-refractivity contribution < 1.29 is 8.42 Å². The molecule has 3 N–H and O–H groups in total. The summed E-state index contributed by atoms with van der Waals surface area (Å²) in [5, 5.41) is 4.29. The molecule has 1 aromatic heterocycles. The summed E-state index contributed by atoms with van der Waals surface area (Å²) in [5.41, 5.74) is 8.32. The zero-order chi connectivity index (χ0) is 14.2. The first-order valence-electron chi connectivity index (χ1n) is 5.73. The Hall–Kier alpha value is -1.86. The molecule has 1 heterocycles. The number of hydrogen-bond donors (Lipinski definition) is 2. The minimum atomic E-state index is -3.55. The Balaban J connectivity index is 2.74. The molecule has 2 rings (SSSR count). The molecular weight excluding hydrogens is 264 g/mol. The number of nitrogen functional groups attached to an aromatic ring is 1. The summed E-state index contributed by atoms with van der Waals surface area (Å²) in [5.74, 6) is 0. The van der Waals surface area contributed by atoms with Crippen molar-refractivity contribution in [1.29, 1.82) is 0 Å². The van der Waals surface area contributed by atoms with E-state index in [0.717, 1.165) is 5.69 Å². The molecule has 102 valence electrons. The Morgan fingerprint density at radius 3 is 2.42 bits per heavy atom. The van der Waals surface area contributed by atoms with E-state index in [4.69, 9.17) is 5.73 Å². The molecule has 19 heavy (non-hydrogen) atoms. The number of sulfonamides is 1. The third-order valence-electron chi connectivity index (χ3n) is 3.00. The van der Waals surface area contributed by atoms with Gasteiger partial charge in [-0.3, -0.25) is 0 Å². The molecule has 0 saturated carbocycles. The van der Waals surface area contributed by atoms with Crippen LogP contribution in [0.1, 0.15) is 11.4 Å². The normalized spacial score (nSPS) is 11.7. The fraction of sp³-hybridized carbons (Fsp3) is 0.250. The number of hydrogen-bond acceptors (Lipinski definition) is 4. The van der Waals surface area contributed by atoms with Gasteiger partial charge >= 0.3 is 0 Å². The van der Waals surface area contributed by atoms with E-state index in [-0.39, 0.29) is 4.90 Å². The van der Waals surface area contributed by atoms with E-state index in [1.165, 1.54) is 13.1 Å². The summed E-state index contributed by atoms with van der Waals surface area (Å²) in [6.45, 7) is 3.59. The van der Waals surface area contributed by atoms with Crippen LogP contribution in [0.3, 0.4) is 0 Å². The minimum absolute atomic E-state index is 0.170. The fourth-order valence-corrected chi connectivity index (χ4v) is 2.77. The number of anilines is 1. The summed E-state index contributed by atoms with van der Waals surface area (Å²) >= 11 is 0. The standard InChI is InChI=1S/C12H16N4O2S/c1-8-12(13)9(2)16(15-8)10-6-4-5-7-11(10)19(17,18)14-3/h4-7,14H,13H2,1-3H3. The van der Waals surface area contributed by atoms with Crippen LogP contribution in [0.4, 0.5) is 5.69 Å². The Bertz CT molecular complexity index is 719. The maximum atomic E-state index is 12.0. The van der Waals surface area contributed by atoms with Gasteiger partial charge < -0.3 is 5.73 Å². The van der Waals surface area contributed by atoms with Gasteiger partial charge in [0.1, 0.15) is 4.90 Å². The van der Waals surface area contributed by atoms with Crippen LogP contribution in [-0.2, 0) is 10.0 Å². The van der Waals surface area contributed by atoms with Gasteiger partial charge in [-0.25, -0.2) is 17.8 Å². The van der Waals surface area contributed by atoms with E-state index in [1.807, 2.05) is 0 Å². The average molecular weight is 280 g/mol. The Labute approximate surface area is 112 Å². The lowest BCUT2D eigenvalue weighted by atomic mass is 10.3. The average Bonchev–Trinajstić information content (AvgIpc) is 2.66. The Kier molecular flexibility index (Phi) is 3.34. The van der Waals surface area contributed by atoms with Crippen molar-refractivity contribution in [2.24, 2.45) is 0 Å². The van der Waals surface area contributed by atoms with Gasteiger partial charge in [0.2, 0.25) is 10.0 Å². The lowest BCUT2D eigenvalue weighted by Gasteiger charge is -2.11. The van der Waals surface area contributed by atoms with Gasteiger partial charge in [0.25, 0.3) is 0 Å². The van der Waals surface area contributed by atoms with Crippen LogP contribution in [0.15, 0.2) is 29.2 Å². The molecule has 2 aromatic rings. The fourth-order valence-electron chi connectivity index (χ4n) is 1.86. The van der Waals surface area contributed by atoms with Crippen LogP contribution in [0, 0.1) is 13.8 Å². The number of benzene rings is 1. The number of aryl methyl sites for hydroxylation is 1. The number of aromatic nitrogens is 2. The van der Waals surface area contributed by atoms with Crippen molar-refractivity contribution in [3.05, 3.63) is 35.7 Å². The summed E-state index contributed by atoms with van der Waals surface area (Å²) in [6.07, 6.45) is 0. The van der Waals surface area contributed by atoms with Crippen LogP contribution in [0.5, 0.6) is 0 Å². The first-order chi connectivity index (χ1) is 8.88. The third-order valence-corrected chi connectivity index (χ3v) is 4.46. The lowest BCUT2D eigenvalue weighted by molar-refractivity contribution is 0.587. The molecule has 0 saturated heterocycles. The van der Waals surface area contributed by atoms with Crippen molar-refractivity contribution in [3.8, 4) is 5.69 Å². The monoisotopic (exact) mass is 280 g/mol. The zero-order valence-electron chi connectivity index (χ0n) is 11.0. The van der Waals surface area contributed by atoms with E-state index in [1.54, 1.807) is 36.7 Å². The Morgan fingerprint density at radius 1 is 1.26 bits per heavy atom. The second-order valence-electron chi connectivity index (χ2n) is 4.17. The van der Waals surface area contributed by atoms with Crippen molar-refractivity contribution in [3.63, 3.8) is 0 Å². The molecule has 0 atom stereocenters.